The lowest BCUT2D eigenvalue weighted by Crippen LogP contribution is -2.22. The monoisotopic (exact) mass is 548 g/mol. The van der Waals surface area contributed by atoms with Crippen LogP contribution in [0.2, 0.25) is 0 Å². The summed E-state index contributed by atoms with van der Waals surface area (Å²) >= 11 is 0. The minimum absolute atomic E-state index is 0.000932. The molecule has 1 amide bonds. The molecule has 0 aliphatic rings. The van der Waals surface area contributed by atoms with Crippen LogP contribution in [0.25, 0.3) is 17.0 Å². The fourth-order valence-electron chi connectivity index (χ4n) is 3.72. The molecule has 2 aromatic carbocycles. The molecule has 0 aliphatic carbocycles. The molecule has 11 heteroatoms. The van der Waals surface area contributed by atoms with E-state index in [1.165, 1.54) is 0 Å². The van der Waals surface area contributed by atoms with Gasteiger partial charge in [0.2, 0.25) is 5.95 Å². The molecule has 2 heterocycles. The highest BCUT2D eigenvalue weighted by Crippen LogP contribution is 2.24. The number of nitrogens with zero attached hydrogens (tertiary/aromatic N) is 5. The number of carbonyl (C=O) groups is 1. The van der Waals surface area contributed by atoms with E-state index in [1.54, 1.807) is 67.9 Å². The maximum absolute atomic E-state index is 12.6. The molecule has 0 bridgehead atoms. The van der Waals surface area contributed by atoms with Gasteiger partial charge in [0.15, 0.2) is 6.61 Å². The number of benzene rings is 2. The predicted molar refractivity (Wildman–Crippen MR) is 152 cm³/mol. The molecule has 0 saturated heterocycles. The molecule has 1 atom stereocenters. The lowest BCUT2D eigenvalue weighted by atomic mass is 10.1. The van der Waals surface area contributed by atoms with E-state index in [1.807, 2.05) is 31.2 Å². The summed E-state index contributed by atoms with van der Waals surface area (Å²) in [4.78, 5) is 26.1. The second kappa shape index (κ2) is 14.1. The first-order valence-corrected chi connectivity index (χ1v) is 12.7. The van der Waals surface area contributed by atoms with Crippen molar-refractivity contribution < 1.29 is 14.3 Å². The first kappa shape index (κ1) is 28.5. The molecule has 0 radical (unpaired) electrons. The van der Waals surface area contributed by atoms with Crippen molar-refractivity contribution in [3.8, 4) is 23.1 Å². The molecular formula is C30H28N8O3. The second-order valence-corrected chi connectivity index (χ2v) is 8.76. The number of pyridine rings is 1. The number of carbonyl (C=O) groups excluding carboxylic acids is 1. The largest absolute Gasteiger partial charge is 0.484 e. The zero-order valence-corrected chi connectivity index (χ0v) is 22.5. The van der Waals surface area contributed by atoms with Gasteiger partial charge in [0.1, 0.15) is 11.4 Å². The van der Waals surface area contributed by atoms with Gasteiger partial charge in [0.25, 0.3) is 5.91 Å². The van der Waals surface area contributed by atoms with Crippen LogP contribution in [0.1, 0.15) is 35.7 Å². The Kier molecular flexibility index (Phi) is 9.79. The van der Waals surface area contributed by atoms with Gasteiger partial charge < -0.3 is 14.8 Å². The Morgan fingerprint density at radius 2 is 1.88 bits per heavy atom. The van der Waals surface area contributed by atoms with Gasteiger partial charge in [-0.3, -0.25) is 15.1 Å². The SMILES string of the molecule is COC(C)c1cccc(CN/C=C(\N=N)c2cc(-c3cccc(C#N)c3)nc(NC(=O)COc3ccccc3)n2)n1. The van der Waals surface area contributed by atoms with Crippen LogP contribution in [0.15, 0.2) is 90.2 Å². The highest BCUT2D eigenvalue weighted by Gasteiger charge is 2.14. The zero-order chi connectivity index (χ0) is 29.0. The number of hydrogen-bond acceptors (Lipinski definition) is 10. The van der Waals surface area contributed by atoms with Crippen LogP contribution in [0.4, 0.5) is 5.95 Å². The standard InChI is InChI=1S/C30H28N8O3/c1-20(40-2)25-13-7-10-23(34-25)17-33-18-28(38-32)27-15-26(22-9-6-8-21(14-22)16-31)35-30(36-27)37-29(39)19-41-24-11-4-3-5-12-24/h3-15,18,20,32-33H,17,19H2,1-2H3,(H,35,36,37,39)/b28-18-,38-32?. The van der Waals surface area contributed by atoms with Gasteiger partial charge in [-0.25, -0.2) is 15.5 Å². The molecule has 4 rings (SSSR count). The van der Waals surface area contributed by atoms with Gasteiger partial charge in [0, 0.05) is 18.9 Å². The summed E-state index contributed by atoms with van der Waals surface area (Å²) in [7, 11) is 1.63. The maximum Gasteiger partial charge on any atom is 0.264 e. The Bertz CT molecular complexity index is 1580. The van der Waals surface area contributed by atoms with Crippen molar-refractivity contribution in [3.63, 3.8) is 0 Å². The Hall–Kier alpha value is -5.47. The smallest absolute Gasteiger partial charge is 0.264 e. The highest BCUT2D eigenvalue weighted by molar-refractivity contribution is 5.90. The first-order valence-electron chi connectivity index (χ1n) is 12.7. The fourth-order valence-corrected chi connectivity index (χ4v) is 3.72. The lowest BCUT2D eigenvalue weighted by Gasteiger charge is -2.11. The Morgan fingerprint density at radius 1 is 1.07 bits per heavy atom. The predicted octanol–water partition coefficient (Wildman–Crippen LogP) is 5.25. The number of aromatic nitrogens is 3. The van der Waals surface area contributed by atoms with Crippen LogP contribution < -0.4 is 15.4 Å². The molecule has 41 heavy (non-hydrogen) atoms. The number of rotatable bonds is 12. The molecule has 0 fully saturated rings. The molecule has 0 aliphatic heterocycles. The molecular weight excluding hydrogens is 520 g/mol. The molecule has 2 aromatic heterocycles. The third-order valence-electron chi connectivity index (χ3n) is 5.88. The summed E-state index contributed by atoms with van der Waals surface area (Å²) in [6.07, 6.45) is 1.40. The van der Waals surface area contributed by atoms with Crippen LogP contribution in [-0.4, -0.2) is 34.6 Å². The second-order valence-electron chi connectivity index (χ2n) is 8.76. The average molecular weight is 549 g/mol. The fraction of sp³-hybridized carbons (Fsp3) is 0.167. The lowest BCUT2D eigenvalue weighted by molar-refractivity contribution is -0.118. The topological polar surface area (TPSA) is 158 Å². The van der Waals surface area contributed by atoms with Crippen LogP contribution in [-0.2, 0) is 16.1 Å². The van der Waals surface area contributed by atoms with Gasteiger partial charge in [-0.15, -0.1) is 0 Å². The zero-order valence-electron chi connectivity index (χ0n) is 22.5. The highest BCUT2D eigenvalue weighted by atomic mass is 16.5. The summed E-state index contributed by atoms with van der Waals surface area (Å²) in [5.74, 6) is 0.0803. The van der Waals surface area contributed by atoms with E-state index in [0.29, 0.717) is 29.1 Å². The van der Waals surface area contributed by atoms with Crippen molar-refractivity contribution in [2.24, 2.45) is 5.11 Å². The minimum Gasteiger partial charge on any atom is -0.484 e. The van der Waals surface area contributed by atoms with E-state index in [-0.39, 0.29) is 30.1 Å². The van der Waals surface area contributed by atoms with Gasteiger partial charge in [-0.2, -0.15) is 10.4 Å². The van der Waals surface area contributed by atoms with Crippen LogP contribution in [0.5, 0.6) is 5.75 Å². The molecule has 0 spiro atoms. The third-order valence-corrected chi connectivity index (χ3v) is 5.88. The maximum atomic E-state index is 12.6. The van der Waals surface area contributed by atoms with Crippen molar-refractivity contribution >= 4 is 17.6 Å². The molecule has 11 nitrogen and oxygen atoms in total. The van der Waals surface area contributed by atoms with E-state index >= 15 is 0 Å². The van der Waals surface area contributed by atoms with Gasteiger partial charge in [0.05, 0.1) is 47.1 Å². The minimum atomic E-state index is -0.467. The number of hydrogen-bond donors (Lipinski definition) is 3. The number of methoxy groups -OCH3 is 1. The molecule has 1 unspecified atom stereocenters. The summed E-state index contributed by atoms with van der Waals surface area (Å²) < 4.78 is 10.9. The Balaban J connectivity index is 1.58. The first-order chi connectivity index (χ1) is 20.0. The number of nitriles is 1. The van der Waals surface area contributed by atoms with Crippen molar-refractivity contribution in [1.82, 2.24) is 20.3 Å². The molecule has 206 valence electrons. The van der Waals surface area contributed by atoms with E-state index in [2.05, 4.69) is 36.8 Å². The molecule has 3 N–H and O–H groups in total. The number of para-hydroxylation sites is 1. The number of amides is 1. The van der Waals surface area contributed by atoms with E-state index in [9.17, 15) is 10.1 Å². The molecule has 0 saturated carbocycles. The van der Waals surface area contributed by atoms with Gasteiger partial charge in [-0.05, 0) is 49.4 Å². The third kappa shape index (κ3) is 8.01. The van der Waals surface area contributed by atoms with Gasteiger partial charge >= 0.3 is 0 Å². The van der Waals surface area contributed by atoms with Crippen LogP contribution in [0.3, 0.4) is 0 Å². The van der Waals surface area contributed by atoms with Crippen molar-refractivity contribution in [1.29, 1.82) is 10.8 Å². The summed E-state index contributed by atoms with van der Waals surface area (Å²) in [6.45, 7) is 2.03. The average Bonchev–Trinajstić information content (AvgIpc) is 3.02. The van der Waals surface area contributed by atoms with Crippen LogP contribution >= 0.6 is 0 Å². The Labute approximate surface area is 237 Å². The van der Waals surface area contributed by atoms with Crippen LogP contribution in [0, 0.1) is 16.9 Å². The summed E-state index contributed by atoms with van der Waals surface area (Å²) in [5, 5.41) is 18.8. The van der Waals surface area contributed by atoms with E-state index < -0.39 is 5.91 Å². The number of ether oxygens (including phenoxy) is 2. The van der Waals surface area contributed by atoms with Crippen molar-refractivity contribution in [2.45, 2.75) is 19.6 Å². The number of nitrogens with one attached hydrogen (secondary N) is 3. The van der Waals surface area contributed by atoms with Crippen molar-refractivity contribution in [2.75, 3.05) is 19.0 Å². The quantitative estimate of drug-likeness (QED) is 0.202. The Morgan fingerprint density at radius 3 is 2.63 bits per heavy atom. The summed E-state index contributed by atoms with van der Waals surface area (Å²) in [5.41, 5.74) is 11.4. The number of anilines is 1. The van der Waals surface area contributed by atoms with Gasteiger partial charge in [-0.1, -0.05) is 36.4 Å². The molecule has 4 aromatic rings. The van der Waals surface area contributed by atoms with Crippen molar-refractivity contribution in [3.05, 3.63) is 108 Å². The van der Waals surface area contributed by atoms with E-state index in [4.69, 9.17) is 15.0 Å². The normalized spacial score (nSPS) is 11.7. The van der Waals surface area contributed by atoms with E-state index in [0.717, 1.165) is 11.4 Å². The summed E-state index contributed by atoms with van der Waals surface area (Å²) in [6, 6.07) is 25.2.